The number of nitrogens with one attached hydrogen (secondary N) is 1. The van der Waals surface area contributed by atoms with Crippen molar-refractivity contribution in [2.75, 3.05) is 26.4 Å². The molecular formula is C16H18FN3O3. The molecule has 6 nitrogen and oxygen atoms in total. The van der Waals surface area contributed by atoms with E-state index in [1.165, 1.54) is 24.3 Å². The largest absolute Gasteiger partial charge is 0.484 e. The molecule has 0 aliphatic carbocycles. The predicted molar refractivity (Wildman–Crippen MR) is 80.5 cm³/mol. The lowest BCUT2D eigenvalue weighted by Crippen LogP contribution is -2.45. The van der Waals surface area contributed by atoms with Crippen molar-refractivity contribution in [1.82, 2.24) is 15.1 Å². The van der Waals surface area contributed by atoms with Gasteiger partial charge >= 0.3 is 0 Å². The zero-order valence-corrected chi connectivity index (χ0v) is 12.8. The molecule has 23 heavy (non-hydrogen) atoms. The number of hydrogen-bond donors (Lipinski definition) is 1. The van der Waals surface area contributed by atoms with Crippen LogP contribution in [0.5, 0.6) is 5.75 Å². The molecule has 1 N–H and O–H groups in total. The number of rotatable bonds is 4. The highest BCUT2D eigenvalue weighted by Gasteiger charge is 2.30. The van der Waals surface area contributed by atoms with Gasteiger partial charge in [0, 0.05) is 6.54 Å². The normalized spacial score (nSPS) is 18.0. The number of ether oxygens (including phenoxy) is 2. The summed E-state index contributed by atoms with van der Waals surface area (Å²) in [5.41, 5.74) is 1.86. The van der Waals surface area contributed by atoms with E-state index in [0.717, 1.165) is 11.3 Å². The molecule has 1 fully saturated rings. The molecule has 7 heteroatoms. The van der Waals surface area contributed by atoms with Crippen LogP contribution in [-0.2, 0) is 9.53 Å². The lowest BCUT2D eigenvalue weighted by atomic mass is 10.1. The summed E-state index contributed by atoms with van der Waals surface area (Å²) in [7, 11) is 0. The van der Waals surface area contributed by atoms with E-state index in [2.05, 4.69) is 10.2 Å². The minimum atomic E-state index is -0.341. The van der Waals surface area contributed by atoms with Crippen LogP contribution in [0.25, 0.3) is 0 Å². The van der Waals surface area contributed by atoms with Crippen molar-refractivity contribution in [1.29, 1.82) is 0 Å². The Morgan fingerprint density at radius 1 is 1.48 bits per heavy atom. The van der Waals surface area contributed by atoms with Gasteiger partial charge in [0.25, 0.3) is 5.91 Å². The van der Waals surface area contributed by atoms with Crippen molar-refractivity contribution in [2.45, 2.75) is 13.0 Å². The van der Waals surface area contributed by atoms with Gasteiger partial charge in [0.05, 0.1) is 31.1 Å². The van der Waals surface area contributed by atoms with E-state index in [9.17, 15) is 9.18 Å². The van der Waals surface area contributed by atoms with Crippen molar-refractivity contribution in [2.24, 2.45) is 0 Å². The summed E-state index contributed by atoms with van der Waals surface area (Å²) in [6, 6.07) is 5.39. The highest BCUT2D eigenvalue weighted by molar-refractivity contribution is 5.78. The van der Waals surface area contributed by atoms with Crippen molar-refractivity contribution in [3.8, 4) is 5.75 Å². The van der Waals surface area contributed by atoms with Crippen LogP contribution in [0.3, 0.4) is 0 Å². The molecule has 2 heterocycles. The topological polar surface area (TPSA) is 67.5 Å². The molecule has 1 aromatic heterocycles. The molecule has 0 saturated carbocycles. The van der Waals surface area contributed by atoms with Gasteiger partial charge in [-0.1, -0.05) is 0 Å². The molecule has 3 rings (SSSR count). The SMILES string of the molecule is Cc1cn[nH]c1[C@@H]1COCCN1C(=O)COc1ccc(F)cc1. The van der Waals surface area contributed by atoms with Crippen molar-refractivity contribution < 1.29 is 18.7 Å². The van der Waals surface area contributed by atoms with E-state index in [-0.39, 0.29) is 24.4 Å². The minimum absolute atomic E-state index is 0.102. The molecule has 2 aromatic rings. The van der Waals surface area contributed by atoms with E-state index >= 15 is 0 Å². The first kappa shape index (κ1) is 15.5. The zero-order valence-electron chi connectivity index (χ0n) is 12.8. The van der Waals surface area contributed by atoms with Gasteiger partial charge in [-0.05, 0) is 36.8 Å². The Kier molecular flexibility index (Phi) is 4.57. The van der Waals surface area contributed by atoms with Crippen LogP contribution < -0.4 is 4.74 Å². The van der Waals surface area contributed by atoms with E-state index in [4.69, 9.17) is 9.47 Å². The second kappa shape index (κ2) is 6.78. The fraction of sp³-hybridized carbons (Fsp3) is 0.375. The Morgan fingerprint density at radius 3 is 2.96 bits per heavy atom. The van der Waals surface area contributed by atoms with Gasteiger partial charge in [-0.3, -0.25) is 9.89 Å². The number of halogens is 1. The highest BCUT2D eigenvalue weighted by atomic mass is 19.1. The number of carbonyl (C=O) groups is 1. The molecule has 0 radical (unpaired) electrons. The van der Waals surface area contributed by atoms with Gasteiger partial charge in [-0.2, -0.15) is 5.10 Å². The maximum absolute atomic E-state index is 12.9. The minimum Gasteiger partial charge on any atom is -0.484 e. The van der Waals surface area contributed by atoms with Gasteiger partial charge in [0.1, 0.15) is 11.6 Å². The lowest BCUT2D eigenvalue weighted by Gasteiger charge is -2.35. The standard InChI is InChI=1S/C16H18FN3O3/c1-11-8-18-19-16(11)14-9-22-7-6-20(14)15(21)10-23-13-4-2-12(17)3-5-13/h2-5,8,14H,6-7,9-10H2,1H3,(H,18,19)/t14-/m0/s1. The highest BCUT2D eigenvalue weighted by Crippen LogP contribution is 2.25. The van der Waals surface area contributed by atoms with E-state index in [1.54, 1.807) is 11.1 Å². The second-order valence-corrected chi connectivity index (χ2v) is 5.39. The summed E-state index contributed by atoms with van der Waals surface area (Å²) >= 11 is 0. The van der Waals surface area contributed by atoms with Crippen LogP contribution in [0, 0.1) is 12.7 Å². The molecule has 0 unspecified atom stereocenters. The molecule has 1 amide bonds. The Labute approximate surface area is 133 Å². The van der Waals surface area contributed by atoms with Crippen molar-refractivity contribution >= 4 is 5.91 Å². The van der Waals surface area contributed by atoms with Crippen LogP contribution in [0.1, 0.15) is 17.3 Å². The van der Waals surface area contributed by atoms with Crippen LogP contribution in [-0.4, -0.2) is 47.4 Å². The quantitative estimate of drug-likeness (QED) is 0.934. The molecule has 1 aliphatic rings. The monoisotopic (exact) mass is 319 g/mol. The Bertz CT molecular complexity index is 671. The number of morpholine rings is 1. The number of aromatic nitrogens is 2. The third kappa shape index (κ3) is 3.50. The summed E-state index contributed by atoms with van der Waals surface area (Å²) in [6.45, 7) is 3.24. The smallest absolute Gasteiger partial charge is 0.261 e. The van der Waals surface area contributed by atoms with Gasteiger partial charge in [0.2, 0.25) is 0 Å². The fourth-order valence-corrected chi connectivity index (χ4v) is 2.59. The molecule has 1 aliphatic heterocycles. The molecular weight excluding hydrogens is 301 g/mol. The fourth-order valence-electron chi connectivity index (χ4n) is 2.59. The van der Waals surface area contributed by atoms with Gasteiger partial charge in [-0.15, -0.1) is 0 Å². The average molecular weight is 319 g/mol. The Hall–Kier alpha value is -2.41. The van der Waals surface area contributed by atoms with E-state index in [1.807, 2.05) is 6.92 Å². The van der Waals surface area contributed by atoms with Gasteiger partial charge in [0.15, 0.2) is 6.61 Å². The number of aromatic amines is 1. The Morgan fingerprint density at radius 2 is 2.26 bits per heavy atom. The molecule has 1 aromatic carbocycles. The number of H-pyrrole nitrogens is 1. The first-order valence-corrected chi connectivity index (χ1v) is 7.40. The molecule has 0 bridgehead atoms. The first-order chi connectivity index (χ1) is 11.1. The maximum atomic E-state index is 12.9. The molecule has 1 saturated heterocycles. The maximum Gasteiger partial charge on any atom is 0.261 e. The zero-order chi connectivity index (χ0) is 16.2. The number of nitrogens with zero attached hydrogens (tertiary/aromatic N) is 2. The van der Waals surface area contributed by atoms with Crippen molar-refractivity contribution in [3.05, 3.63) is 47.5 Å². The van der Waals surface area contributed by atoms with Gasteiger partial charge in [-0.25, -0.2) is 4.39 Å². The molecule has 122 valence electrons. The number of carbonyl (C=O) groups excluding carboxylic acids is 1. The van der Waals surface area contributed by atoms with Crippen LogP contribution in [0.2, 0.25) is 0 Å². The molecule has 0 spiro atoms. The van der Waals surface area contributed by atoms with Gasteiger partial charge < -0.3 is 14.4 Å². The number of benzene rings is 1. The number of aryl methyl sites for hydroxylation is 1. The summed E-state index contributed by atoms with van der Waals surface area (Å²) in [5.74, 6) is -0.0226. The van der Waals surface area contributed by atoms with Crippen molar-refractivity contribution in [3.63, 3.8) is 0 Å². The average Bonchev–Trinajstić information content (AvgIpc) is 3.00. The third-order valence-corrected chi connectivity index (χ3v) is 3.83. The van der Waals surface area contributed by atoms with Crippen LogP contribution in [0.4, 0.5) is 4.39 Å². The summed E-state index contributed by atoms with van der Waals surface area (Å²) < 4.78 is 23.8. The number of hydrogen-bond acceptors (Lipinski definition) is 4. The summed E-state index contributed by atoms with van der Waals surface area (Å²) in [6.07, 6.45) is 1.72. The second-order valence-electron chi connectivity index (χ2n) is 5.39. The van der Waals surface area contributed by atoms with E-state index in [0.29, 0.717) is 25.5 Å². The first-order valence-electron chi connectivity index (χ1n) is 7.40. The van der Waals surface area contributed by atoms with Crippen LogP contribution in [0.15, 0.2) is 30.5 Å². The number of amides is 1. The lowest BCUT2D eigenvalue weighted by molar-refractivity contribution is -0.142. The summed E-state index contributed by atoms with van der Waals surface area (Å²) in [5, 5.41) is 6.94. The van der Waals surface area contributed by atoms with Crippen LogP contribution >= 0.6 is 0 Å². The molecule has 1 atom stereocenters. The summed E-state index contributed by atoms with van der Waals surface area (Å²) in [4.78, 5) is 14.2. The predicted octanol–water partition coefficient (Wildman–Crippen LogP) is 1.84. The third-order valence-electron chi connectivity index (χ3n) is 3.83. The van der Waals surface area contributed by atoms with E-state index < -0.39 is 0 Å². The Balaban J connectivity index is 1.66.